The first-order valence-corrected chi connectivity index (χ1v) is 6.18. The predicted octanol–water partition coefficient (Wildman–Crippen LogP) is 3.09. The van der Waals surface area contributed by atoms with E-state index in [1.54, 1.807) is 12.1 Å². The number of carbonyl (C=O) groups excluding carboxylic acids is 1. The number of rotatable bonds is 1. The van der Waals surface area contributed by atoms with Crippen LogP contribution >= 0.6 is 31.9 Å². The number of hydrogen-bond acceptors (Lipinski definition) is 1. The minimum Gasteiger partial charge on any atom is -0.308 e. The summed E-state index contributed by atoms with van der Waals surface area (Å²) in [5.74, 6) is -0.415. The predicted molar refractivity (Wildman–Crippen MR) is 63.8 cm³/mol. The molecule has 1 aromatic carbocycles. The van der Waals surface area contributed by atoms with Gasteiger partial charge in [-0.05, 0) is 18.2 Å². The Morgan fingerprint density at radius 1 is 1.47 bits per heavy atom. The fourth-order valence-corrected chi connectivity index (χ4v) is 2.51. The summed E-state index contributed by atoms with van der Waals surface area (Å²) in [5.41, 5.74) is 0.344. The normalized spacial score (nSPS) is 21.1. The zero-order chi connectivity index (χ0) is 11.0. The molecule has 0 saturated carbocycles. The quantitative estimate of drug-likeness (QED) is 0.722. The largest absolute Gasteiger partial charge is 0.308 e. The lowest BCUT2D eigenvalue weighted by molar-refractivity contribution is -0.117. The molecule has 1 aliphatic heterocycles. The number of alkyl halides is 1. The smallest absolute Gasteiger partial charge is 0.228 e. The summed E-state index contributed by atoms with van der Waals surface area (Å²) in [5, 5.41) is 0. The van der Waals surface area contributed by atoms with E-state index in [1.165, 1.54) is 11.0 Å². The second kappa shape index (κ2) is 4.22. The minimum absolute atomic E-state index is 0.0473. The molecule has 0 spiro atoms. The topological polar surface area (TPSA) is 20.3 Å². The van der Waals surface area contributed by atoms with E-state index in [0.29, 0.717) is 18.7 Å². The highest BCUT2D eigenvalue weighted by molar-refractivity contribution is 9.10. The molecule has 1 heterocycles. The van der Waals surface area contributed by atoms with E-state index >= 15 is 0 Å². The Labute approximate surface area is 104 Å². The highest BCUT2D eigenvalue weighted by Crippen LogP contribution is 2.29. The van der Waals surface area contributed by atoms with Crippen LogP contribution in [0.1, 0.15) is 6.42 Å². The van der Waals surface area contributed by atoms with Gasteiger partial charge in [-0.3, -0.25) is 4.79 Å². The Bertz CT molecular complexity index is 410. The molecule has 0 radical (unpaired) electrons. The van der Waals surface area contributed by atoms with Crippen LogP contribution in [-0.2, 0) is 4.79 Å². The standard InChI is InChI=1S/C10H8Br2FNO/c11-6-1-2-8(13)9(3-6)14-5-7(12)4-10(14)15/h1-3,7H,4-5H2. The van der Waals surface area contributed by atoms with Crippen molar-refractivity contribution in [1.29, 1.82) is 0 Å². The lowest BCUT2D eigenvalue weighted by atomic mass is 10.3. The molecular formula is C10H8Br2FNO. The van der Waals surface area contributed by atoms with Gasteiger partial charge in [0.15, 0.2) is 0 Å². The van der Waals surface area contributed by atoms with Crippen LogP contribution in [0.5, 0.6) is 0 Å². The molecule has 2 rings (SSSR count). The summed E-state index contributed by atoms with van der Waals surface area (Å²) in [6.45, 7) is 0.520. The lowest BCUT2D eigenvalue weighted by Crippen LogP contribution is -2.25. The second-order valence-corrected chi connectivity index (χ2v) is 5.61. The molecule has 15 heavy (non-hydrogen) atoms. The maximum absolute atomic E-state index is 13.5. The summed E-state index contributed by atoms with van der Waals surface area (Å²) in [6, 6.07) is 4.59. The highest BCUT2D eigenvalue weighted by atomic mass is 79.9. The number of halogens is 3. The van der Waals surface area contributed by atoms with Crippen LogP contribution in [0, 0.1) is 5.82 Å². The molecule has 0 bridgehead atoms. The Kier molecular flexibility index (Phi) is 3.11. The van der Waals surface area contributed by atoms with Gasteiger partial charge in [0.25, 0.3) is 0 Å². The summed E-state index contributed by atoms with van der Waals surface area (Å²) >= 11 is 6.62. The maximum Gasteiger partial charge on any atom is 0.228 e. The van der Waals surface area contributed by atoms with Crippen LogP contribution in [0.4, 0.5) is 10.1 Å². The Morgan fingerprint density at radius 2 is 2.20 bits per heavy atom. The number of benzene rings is 1. The maximum atomic E-state index is 13.5. The van der Waals surface area contributed by atoms with E-state index in [0.717, 1.165) is 4.47 Å². The van der Waals surface area contributed by atoms with Crippen molar-refractivity contribution in [3.8, 4) is 0 Å². The number of amides is 1. The molecule has 1 unspecified atom stereocenters. The number of carbonyl (C=O) groups is 1. The third-order valence-electron chi connectivity index (χ3n) is 2.28. The fourth-order valence-electron chi connectivity index (χ4n) is 1.59. The van der Waals surface area contributed by atoms with Crippen molar-refractivity contribution < 1.29 is 9.18 Å². The average Bonchev–Trinajstić information content (AvgIpc) is 2.50. The minimum atomic E-state index is -0.367. The monoisotopic (exact) mass is 335 g/mol. The summed E-state index contributed by atoms with van der Waals surface area (Å²) < 4.78 is 14.3. The fraction of sp³-hybridized carbons (Fsp3) is 0.300. The molecule has 0 aliphatic carbocycles. The van der Waals surface area contributed by atoms with Crippen LogP contribution in [-0.4, -0.2) is 17.3 Å². The Hall–Kier alpha value is -0.420. The van der Waals surface area contributed by atoms with Crippen molar-refractivity contribution in [2.75, 3.05) is 11.4 Å². The summed E-state index contributed by atoms with van der Waals surface area (Å²) in [7, 11) is 0. The second-order valence-electron chi connectivity index (χ2n) is 3.40. The average molecular weight is 337 g/mol. The molecule has 1 saturated heterocycles. The highest BCUT2D eigenvalue weighted by Gasteiger charge is 2.30. The first kappa shape index (κ1) is 11.1. The van der Waals surface area contributed by atoms with Crippen molar-refractivity contribution in [3.05, 3.63) is 28.5 Å². The van der Waals surface area contributed by atoms with E-state index in [-0.39, 0.29) is 16.6 Å². The molecule has 1 amide bonds. The van der Waals surface area contributed by atoms with Crippen molar-refractivity contribution in [3.63, 3.8) is 0 Å². The first-order valence-electron chi connectivity index (χ1n) is 4.47. The zero-order valence-corrected chi connectivity index (χ0v) is 10.9. The molecule has 1 atom stereocenters. The molecule has 0 aromatic heterocycles. The molecule has 1 fully saturated rings. The van der Waals surface area contributed by atoms with Crippen molar-refractivity contribution in [2.24, 2.45) is 0 Å². The van der Waals surface area contributed by atoms with E-state index in [9.17, 15) is 9.18 Å². The van der Waals surface area contributed by atoms with Crippen LogP contribution in [0.25, 0.3) is 0 Å². The van der Waals surface area contributed by atoms with Crippen molar-refractivity contribution >= 4 is 43.5 Å². The van der Waals surface area contributed by atoms with Gasteiger partial charge in [-0.25, -0.2) is 4.39 Å². The number of hydrogen-bond donors (Lipinski definition) is 0. The summed E-state index contributed by atoms with van der Waals surface area (Å²) in [4.78, 5) is 13.1. The van der Waals surface area contributed by atoms with Crippen LogP contribution in [0.3, 0.4) is 0 Å². The summed E-state index contributed by atoms with van der Waals surface area (Å²) in [6.07, 6.45) is 0.423. The lowest BCUT2D eigenvalue weighted by Gasteiger charge is -2.16. The van der Waals surface area contributed by atoms with Gasteiger partial charge in [0, 0.05) is 22.3 Å². The molecule has 0 N–H and O–H groups in total. The van der Waals surface area contributed by atoms with Crippen molar-refractivity contribution in [2.45, 2.75) is 11.2 Å². The van der Waals surface area contributed by atoms with Crippen molar-refractivity contribution in [1.82, 2.24) is 0 Å². The van der Waals surface area contributed by atoms with Crippen LogP contribution in [0.2, 0.25) is 0 Å². The third kappa shape index (κ3) is 2.23. The Balaban J connectivity index is 2.37. The molecule has 5 heteroatoms. The van der Waals surface area contributed by atoms with Gasteiger partial charge in [-0.2, -0.15) is 0 Å². The number of nitrogens with zero attached hydrogens (tertiary/aromatic N) is 1. The molecule has 2 nitrogen and oxygen atoms in total. The van der Waals surface area contributed by atoms with Gasteiger partial charge in [-0.1, -0.05) is 31.9 Å². The molecular weight excluding hydrogens is 329 g/mol. The number of anilines is 1. The van der Waals surface area contributed by atoms with E-state index < -0.39 is 0 Å². The third-order valence-corrected chi connectivity index (χ3v) is 3.38. The van der Waals surface area contributed by atoms with Gasteiger partial charge < -0.3 is 4.90 Å². The molecule has 80 valence electrons. The first-order chi connectivity index (χ1) is 7.08. The zero-order valence-electron chi connectivity index (χ0n) is 7.71. The van der Waals surface area contributed by atoms with Gasteiger partial charge in [0.1, 0.15) is 5.82 Å². The van der Waals surface area contributed by atoms with Gasteiger partial charge in [0.05, 0.1) is 5.69 Å². The van der Waals surface area contributed by atoms with Gasteiger partial charge >= 0.3 is 0 Å². The van der Waals surface area contributed by atoms with Gasteiger partial charge in [0.2, 0.25) is 5.91 Å². The van der Waals surface area contributed by atoms with E-state index in [1.807, 2.05) is 0 Å². The molecule has 1 aliphatic rings. The van der Waals surface area contributed by atoms with Gasteiger partial charge in [-0.15, -0.1) is 0 Å². The van der Waals surface area contributed by atoms with E-state index in [4.69, 9.17) is 0 Å². The Morgan fingerprint density at radius 3 is 2.80 bits per heavy atom. The van der Waals surface area contributed by atoms with Crippen LogP contribution in [0.15, 0.2) is 22.7 Å². The molecule has 1 aromatic rings. The SMILES string of the molecule is O=C1CC(Br)CN1c1cc(Br)ccc1F. The van der Waals surface area contributed by atoms with Crippen LogP contribution < -0.4 is 4.90 Å². The van der Waals surface area contributed by atoms with E-state index in [2.05, 4.69) is 31.9 Å².